The number of H-pyrrole nitrogens is 1. The van der Waals surface area contributed by atoms with E-state index in [9.17, 15) is 19.5 Å². The van der Waals surface area contributed by atoms with Crippen molar-refractivity contribution in [2.75, 3.05) is 0 Å². The van der Waals surface area contributed by atoms with Gasteiger partial charge >= 0.3 is 5.97 Å². The number of rotatable bonds is 2. The molecular formula is C14H17N3O4. The second kappa shape index (κ2) is 5.31. The fourth-order valence-corrected chi connectivity index (χ4v) is 3.57. The van der Waals surface area contributed by atoms with Crippen LogP contribution in [0.4, 0.5) is 0 Å². The third-order valence-corrected chi connectivity index (χ3v) is 4.51. The Morgan fingerprint density at radius 2 is 2.05 bits per heavy atom. The molecule has 1 aliphatic heterocycles. The normalized spacial score (nSPS) is 28.2. The van der Waals surface area contributed by atoms with Crippen molar-refractivity contribution in [2.24, 2.45) is 5.92 Å². The Bertz CT molecular complexity index is 606. The quantitative estimate of drug-likeness (QED) is 0.831. The van der Waals surface area contributed by atoms with E-state index >= 15 is 0 Å². The van der Waals surface area contributed by atoms with E-state index in [0.29, 0.717) is 6.42 Å². The Balaban J connectivity index is 1.92. The maximum absolute atomic E-state index is 12.6. The lowest BCUT2D eigenvalue weighted by Gasteiger charge is -2.32. The molecule has 112 valence electrons. The van der Waals surface area contributed by atoms with Gasteiger partial charge in [-0.05, 0) is 31.2 Å². The molecule has 2 N–H and O–H groups in total. The molecule has 2 aliphatic rings. The van der Waals surface area contributed by atoms with Gasteiger partial charge < -0.3 is 10.0 Å². The van der Waals surface area contributed by atoms with Gasteiger partial charge in [0.15, 0.2) is 0 Å². The molecule has 3 rings (SSSR count). The fourth-order valence-electron chi connectivity index (χ4n) is 3.57. The SMILES string of the molecule is O=C(O)C1CC2CCCCC2N1C(=O)c1ccc(=O)[nH]n1. The summed E-state index contributed by atoms with van der Waals surface area (Å²) in [4.78, 5) is 36.6. The molecule has 2 fully saturated rings. The van der Waals surface area contributed by atoms with Crippen LogP contribution in [0.25, 0.3) is 0 Å². The number of hydrogen-bond acceptors (Lipinski definition) is 4. The number of likely N-dealkylation sites (tertiary alicyclic amines) is 1. The number of amides is 1. The van der Waals surface area contributed by atoms with Crippen LogP contribution in [0.15, 0.2) is 16.9 Å². The number of aromatic nitrogens is 2. The lowest BCUT2D eigenvalue weighted by molar-refractivity contribution is -0.141. The minimum absolute atomic E-state index is 0.0268. The Hall–Kier alpha value is -2.18. The Kier molecular flexibility index (Phi) is 3.48. The van der Waals surface area contributed by atoms with Gasteiger partial charge in [-0.15, -0.1) is 0 Å². The fraction of sp³-hybridized carbons (Fsp3) is 0.571. The Morgan fingerprint density at radius 3 is 2.71 bits per heavy atom. The van der Waals surface area contributed by atoms with Gasteiger partial charge in [0, 0.05) is 12.1 Å². The van der Waals surface area contributed by atoms with Gasteiger partial charge in [-0.25, -0.2) is 9.89 Å². The molecular weight excluding hydrogens is 274 g/mol. The minimum Gasteiger partial charge on any atom is -0.480 e. The number of carbonyl (C=O) groups excluding carboxylic acids is 1. The molecule has 7 heteroatoms. The monoisotopic (exact) mass is 291 g/mol. The first-order chi connectivity index (χ1) is 10.1. The average Bonchev–Trinajstić information content (AvgIpc) is 2.87. The molecule has 1 aliphatic carbocycles. The summed E-state index contributed by atoms with van der Waals surface area (Å²) in [5.74, 6) is -1.12. The molecule has 0 spiro atoms. The number of carboxylic acids is 1. The molecule has 1 aromatic heterocycles. The van der Waals surface area contributed by atoms with Gasteiger partial charge in [-0.2, -0.15) is 5.10 Å². The van der Waals surface area contributed by atoms with E-state index in [-0.39, 0.29) is 17.7 Å². The highest BCUT2D eigenvalue weighted by Crippen LogP contribution is 2.40. The summed E-state index contributed by atoms with van der Waals surface area (Å²) in [5.41, 5.74) is -0.301. The molecule has 3 atom stereocenters. The number of carbonyl (C=O) groups is 2. The van der Waals surface area contributed by atoms with Crippen LogP contribution < -0.4 is 5.56 Å². The smallest absolute Gasteiger partial charge is 0.326 e. The summed E-state index contributed by atoms with van der Waals surface area (Å²) in [7, 11) is 0. The van der Waals surface area contributed by atoms with Gasteiger partial charge in [-0.1, -0.05) is 12.8 Å². The molecule has 0 aromatic carbocycles. The summed E-state index contributed by atoms with van der Waals surface area (Å²) in [6.07, 6.45) is 4.42. The lowest BCUT2D eigenvalue weighted by Crippen LogP contribution is -2.46. The Labute approximate surface area is 121 Å². The molecule has 21 heavy (non-hydrogen) atoms. The zero-order valence-electron chi connectivity index (χ0n) is 11.5. The van der Waals surface area contributed by atoms with Gasteiger partial charge in [0.05, 0.1) is 0 Å². The van der Waals surface area contributed by atoms with E-state index in [1.165, 1.54) is 17.0 Å². The van der Waals surface area contributed by atoms with E-state index in [2.05, 4.69) is 10.2 Å². The average molecular weight is 291 g/mol. The number of nitrogens with zero attached hydrogens (tertiary/aromatic N) is 2. The molecule has 0 radical (unpaired) electrons. The molecule has 1 amide bonds. The summed E-state index contributed by atoms with van der Waals surface area (Å²) < 4.78 is 0. The van der Waals surface area contributed by atoms with Crippen molar-refractivity contribution in [3.63, 3.8) is 0 Å². The highest BCUT2D eigenvalue weighted by atomic mass is 16.4. The van der Waals surface area contributed by atoms with Gasteiger partial charge in [0.2, 0.25) is 0 Å². The van der Waals surface area contributed by atoms with Crippen LogP contribution in [0.2, 0.25) is 0 Å². The molecule has 3 unspecified atom stereocenters. The van der Waals surface area contributed by atoms with Crippen LogP contribution >= 0.6 is 0 Å². The van der Waals surface area contributed by atoms with E-state index < -0.39 is 23.5 Å². The number of carboxylic acid groups (broad SMARTS) is 1. The van der Waals surface area contributed by atoms with Crippen molar-refractivity contribution < 1.29 is 14.7 Å². The first-order valence-corrected chi connectivity index (χ1v) is 7.19. The number of nitrogens with one attached hydrogen (secondary N) is 1. The number of aliphatic carboxylic acids is 1. The van der Waals surface area contributed by atoms with Crippen molar-refractivity contribution in [3.8, 4) is 0 Å². The van der Waals surface area contributed by atoms with E-state index in [0.717, 1.165) is 25.7 Å². The summed E-state index contributed by atoms with van der Waals surface area (Å²) in [6, 6.07) is 1.75. The van der Waals surface area contributed by atoms with Crippen LogP contribution in [-0.2, 0) is 4.79 Å². The topological polar surface area (TPSA) is 103 Å². The highest BCUT2D eigenvalue weighted by molar-refractivity contribution is 5.95. The molecule has 1 saturated heterocycles. The predicted octanol–water partition coefficient (Wildman–Crippen LogP) is 0.628. The van der Waals surface area contributed by atoms with Crippen LogP contribution in [0.5, 0.6) is 0 Å². The summed E-state index contributed by atoms with van der Waals surface area (Å²) >= 11 is 0. The van der Waals surface area contributed by atoms with Gasteiger partial charge in [-0.3, -0.25) is 9.59 Å². The van der Waals surface area contributed by atoms with Gasteiger partial charge in [0.1, 0.15) is 11.7 Å². The van der Waals surface area contributed by atoms with Crippen LogP contribution in [0, 0.1) is 5.92 Å². The second-order valence-corrected chi connectivity index (χ2v) is 5.72. The molecule has 1 saturated carbocycles. The number of fused-ring (bicyclic) bond motifs is 1. The molecule has 7 nitrogen and oxygen atoms in total. The van der Waals surface area contributed by atoms with E-state index in [1.807, 2.05) is 0 Å². The van der Waals surface area contributed by atoms with Crippen molar-refractivity contribution >= 4 is 11.9 Å². The summed E-state index contributed by atoms with van der Waals surface area (Å²) in [5, 5.41) is 15.4. The molecule has 1 aromatic rings. The van der Waals surface area contributed by atoms with Crippen molar-refractivity contribution in [2.45, 2.75) is 44.2 Å². The third kappa shape index (κ3) is 2.43. The van der Waals surface area contributed by atoms with Crippen molar-refractivity contribution in [3.05, 3.63) is 28.2 Å². The standard InChI is InChI=1S/C14H17N3O4/c18-12-6-5-9(15-16-12)13(19)17-10-4-2-1-3-8(10)7-11(17)14(20)21/h5-6,8,10-11H,1-4,7H2,(H,16,18)(H,20,21). The van der Waals surface area contributed by atoms with Crippen LogP contribution in [-0.4, -0.2) is 44.2 Å². The predicted molar refractivity (Wildman–Crippen MR) is 72.8 cm³/mol. The maximum atomic E-state index is 12.6. The first-order valence-electron chi connectivity index (χ1n) is 7.19. The zero-order valence-corrected chi connectivity index (χ0v) is 11.5. The number of hydrogen-bond donors (Lipinski definition) is 2. The molecule has 2 heterocycles. The van der Waals surface area contributed by atoms with Crippen molar-refractivity contribution in [1.82, 2.24) is 15.1 Å². The van der Waals surface area contributed by atoms with Crippen LogP contribution in [0.1, 0.15) is 42.6 Å². The second-order valence-electron chi connectivity index (χ2n) is 5.72. The first kappa shape index (κ1) is 13.8. The Morgan fingerprint density at radius 1 is 1.29 bits per heavy atom. The minimum atomic E-state index is -0.970. The lowest BCUT2D eigenvalue weighted by atomic mass is 9.84. The van der Waals surface area contributed by atoms with Crippen molar-refractivity contribution in [1.29, 1.82) is 0 Å². The van der Waals surface area contributed by atoms with Crippen LogP contribution in [0.3, 0.4) is 0 Å². The number of aromatic amines is 1. The largest absolute Gasteiger partial charge is 0.480 e. The maximum Gasteiger partial charge on any atom is 0.326 e. The van der Waals surface area contributed by atoms with Gasteiger partial charge in [0.25, 0.3) is 11.5 Å². The zero-order chi connectivity index (χ0) is 15.0. The molecule has 0 bridgehead atoms. The highest BCUT2D eigenvalue weighted by Gasteiger charge is 2.47. The third-order valence-electron chi connectivity index (χ3n) is 4.51. The van der Waals surface area contributed by atoms with E-state index in [1.54, 1.807) is 0 Å². The summed E-state index contributed by atoms with van der Waals surface area (Å²) in [6.45, 7) is 0. The van der Waals surface area contributed by atoms with E-state index in [4.69, 9.17) is 0 Å².